The van der Waals surface area contributed by atoms with Gasteiger partial charge in [-0.15, -0.1) is 0 Å². The fourth-order valence-electron chi connectivity index (χ4n) is 2.35. The zero-order valence-electron chi connectivity index (χ0n) is 10.5. The summed E-state index contributed by atoms with van der Waals surface area (Å²) in [5, 5.41) is 3.24. The van der Waals surface area contributed by atoms with Gasteiger partial charge in [-0.2, -0.15) is 0 Å². The van der Waals surface area contributed by atoms with Crippen LogP contribution in [0.5, 0.6) is 0 Å². The number of rotatable bonds is 2. The van der Waals surface area contributed by atoms with E-state index in [4.69, 9.17) is 11.6 Å². The van der Waals surface area contributed by atoms with Gasteiger partial charge in [0, 0.05) is 9.50 Å². The van der Waals surface area contributed by atoms with E-state index in [1.807, 2.05) is 18.2 Å². The van der Waals surface area contributed by atoms with Crippen LogP contribution in [0.4, 0.5) is 0 Å². The van der Waals surface area contributed by atoms with Crippen molar-refractivity contribution in [3.05, 3.63) is 81.3 Å². The van der Waals surface area contributed by atoms with E-state index in [2.05, 4.69) is 74.3 Å². The van der Waals surface area contributed by atoms with Crippen LogP contribution in [-0.2, 0) is 0 Å². The maximum atomic E-state index is 6.37. The third-order valence-corrected chi connectivity index (χ3v) is 5.14. The normalized spacial score (nSPS) is 12.6. The van der Waals surface area contributed by atoms with E-state index in [0.717, 1.165) is 15.1 Å². The Bertz CT molecular complexity index is 763. The second-order valence-corrected chi connectivity index (χ2v) is 6.84. The largest absolute Gasteiger partial charge is 0.0839 e. The van der Waals surface area contributed by atoms with E-state index in [1.165, 1.54) is 16.3 Å². The molecule has 0 bridgehead atoms. The highest BCUT2D eigenvalue weighted by atomic mass is 79.9. The van der Waals surface area contributed by atoms with Gasteiger partial charge in [-0.05, 0) is 34.0 Å². The first-order valence-corrected chi connectivity index (χ1v) is 8.32. The van der Waals surface area contributed by atoms with Gasteiger partial charge in [0.1, 0.15) is 0 Å². The Hall–Kier alpha value is -0.830. The third-order valence-electron chi connectivity index (χ3n) is 3.33. The lowest BCUT2D eigenvalue weighted by atomic mass is 9.98. The summed E-state index contributed by atoms with van der Waals surface area (Å²) in [5.41, 5.74) is 2.30. The highest BCUT2D eigenvalue weighted by Crippen LogP contribution is 2.39. The number of fused-ring (bicyclic) bond motifs is 1. The van der Waals surface area contributed by atoms with E-state index in [0.29, 0.717) is 0 Å². The molecule has 1 atom stereocenters. The van der Waals surface area contributed by atoms with Crippen LogP contribution in [0, 0.1) is 0 Å². The van der Waals surface area contributed by atoms with Crippen molar-refractivity contribution in [1.29, 1.82) is 0 Å². The first-order valence-electron chi connectivity index (χ1n) is 6.23. The molecule has 0 heterocycles. The molecule has 3 heteroatoms. The molecule has 3 aromatic carbocycles. The Morgan fingerprint density at radius 2 is 1.60 bits per heavy atom. The third kappa shape index (κ3) is 2.65. The highest BCUT2D eigenvalue weighted by Gasteiger charge is 2.16. The molecule has 3 rings (SSSR count). The van der Waals surface area contributed by atoms with Gasteiger partial charge in [-0.25, -0.2) is 0 Å². The van der Waals surface area contributed by atoms with Crippen LogP contribution >= 0.6 is 43.5 Å². The molecule has 0 amide bonds. The van der Waals surface area contributed by atoms with Crippen molar-refractivity contribution < 1.29 is 0 Å². The fraction of sp³-hybridized carbons (Fsp3) is 0.0588. The van der Waals surface area contributed by atoms with Crippen molar-refractivity contribution >= 4 is 54.2 Å². The van der Waals surface area contributed by atoms with E-state index in [1.54, 1.807) is 0 Å². The van der Waals surface area contributed by atoms with Crippen molar-refractivity contribution in [3.8, 4) is 0 Å². The lowest BCUT2D eigenvalue weighted by molar-refractivity contribution is 1.20. The molecule has 0 fully saturated rings. The summed E-state index contributed by atoms with van der Waals surface area (Å²) in [6, 6.07) is 20.7. The average Bonchev–Trinajstić information content (AvgIpc) is 2.46. The summed E-state index contributed by atoms with van der Waals surface area (Å²) in [7, 11) is 0. The predicted molar refractivity (Wildman–Crippen MR) is 93.9 cm³/mol. The smallest absolute Gasteiger partial charge is 0.0665 e. The maximum absolute atomic E-state index is 6.37. The first kappa shape index (κ1) is 14.1. The zero-order valence-corrected chi connectivity index (χ0v) is 14.4. The Morgan fingerprint density at radius 3 is 2.40 bits per heavy atom. The van der Waals surface area contributed by atoms with Gasteiger partial charge in [-0.1, -0.05) is 92.0 Å². The monoisotopic (exact) mass is 408 g/mol. The number of hydrogen-bond acceptors (Lipinski definition) is 0. The molecule has 0 spiro atoms. The number of alkyl halides is 1. The van der Waals surface area contributed by atoms with Crippen LogP contribution in [0.3, 0.4) is 0 Å². The molecule has 100 valence electrons. The Morgan fingerprint density at radius 1 is 0.850 bits per heavy atom. The lowest BCUT2D eigenvalue weighted by Crippen LogP contribution is -1.95. The Balaban J connectivity index is 2.15. The second-order valence-electron chi connectivity index (χ2n) is 4.60. The van der Waals surface area contributed by atoms with Crippen LogP contribution in [-0.4, -0.2) is 0 Å². The van der Waals surface area contributed by atoms with Crippen LogP contribution in [0.15, 0.2) is 65.1 Å². The van der Waals surface area contributed by atoms with Gasteiger partial charge < -0.3 is 0 Å². The zero-order chi connectivity index (χ0) is 14.1. The molecule has 0 saturated carbocycles. The Kier molecular flexibility index (Phi) is 4.16. The number of hydrogen-bond donors (Lipinski definition) is 0. The molecule has 3 aromatic rings. The average molecular weight is 411 g/mol. The van der Waals surface area contributed by atoms with Crippen LogP contribution in [0.2, 0.25) is 5.02 Å². The van der Waals surface area contributed by atoms with E-state index < -0.39 is 0 Å². The van der Waals surface area contributed by atoms with Crippen LogP contribution < -0.4 is 0 Å². The summed E-state index contributed by atoms with van der Waals surface area (Å²) in [6.45, 7) is 0. The molecule has 20 heavy (non-hydrogen) atoms. The first-order chi connectivity index (χ1) is 9.66. The quantitative estimate of drug-likeness (QED) is 0.410. The van der Waals surface area contributed by atoms with Gasteiger partial charge in [0.2, 0.25) is 0 Å². The van der Waals surface area contributed by atoms with E-state index >= 15 is 0 Å². The molecule has 1 unspecified atom stereocenters. The van der Waals surface area contributed by atoms with Crippen molar-refractivity contribution in [2.24, 2.45) is 0 Å². The summed E-state index contributed by atoms with van der Waals surface area (Å²) in [4.78, 5) is 0.0780. The van der Waals surface area contributed by atoms with Crippen molar-refractivity contribution in [3.63, 3.8) is 0 Å². The van der Waals surface area contributed by atoms with Crippen molar-refractivity contribution in [1.82, 2.24) is 0 Å². The summed E-state index contributed by atoms with van der Waals surface area (Å²) >= 11 is 13.6. The van der Waals surface area contributed by atoms with E-state index in [9.17, 15) is 0 Å². The van der Waals surface area contributed by atoms with Crippen molar-refractivity contribution in [2.75, 3.05) is 0 Å². The molecule has 0 nitrogen and oxygen atoms in total. The lowest BCUT2D eigenvalue weighted by Gasteiger charge is -2.15. The molecule has 0 N–H and O–H groups in total. The molecule has 0 aliphatic carbocycles. The van der Waals surface area contributed by atoms with Crippen LogP contribution in [0.25, 0.3) is 10.8 Å². The number of halogens is 3. The molecule has 0 aliphatic rings. The van der Waals surface area contributed by atoms with Gasteiger partial charge in [0.15, 0.2) is 0 Å². The Labute approximate surface area is 140 Å². The van der Waals surface area contributed by atoms with E-state index in [-0.39, 0.29) is 4.83 Å². The topological polar surface area (TPSA) is 0 Å². The summed E-state index contributed by atoms with van der Waals surface area (Å²) < 4.78 is 0.990. The standard InChI is InChI=1S/C17H11Br2Cl/c18-12-8-9-15(16(20)10-12)17(19)14-7-3-5-11-4-1-2-6-13(11)14/h1-10,17H. The second kappa shape index (κ2) is 5.88. The van der Waals surface area contributed by atoms with Crippen molar-refractivity contribution in [2.45, 2.75) is 4.83 Å². The fourth-order valence-corrected chi connectivity index (χ4v) is 4.06. The molecule has 0 radical (unpaired) electrons. The molecular formula is C17H11Br2Cl. The minimum Gasteiger partial charge on any atom is -0.0839 e. The summed E-state index contributed by atoms with van der Waals surface area (Å²) in [5.74, 6) is 0. The van der Waals surface area contributed by atoms with Gasteiger partial charge >= 0.3 is 0 Å². The molecule has 0 saturated heterocycles. The highest BCUT2D eigenvalue weighted by molar-refractivity contribution is 9.10. The van der Waals surface area contributed by atoms with Gasteiger partial charge in [0.05, 0.1) is 4.83 Å². The number of benzene rings is 3. The van der Waals surface area contributed by atoms with Gasteiger partial charge in [0.25, 0.3) is 0 Å². The molecule has 0 aliphatic heterocycles. The predicted octanol–water partition coefficient (Wildman–Crippen LogP) is 6.74. The molecule has 0 aromatic heterocycles. The minimum absolute atomic E-state index is 0.0780. The molecular weight excluding hydrogens is 399 g/mol. The van der Waals surface area contributed by atoms with Crippen LogP contribution in [0.1, 0.15) is 16.0 Å². The SMILES string of the molecule is Clc1cc(Br)ccc1C(Br)c1cccc2ccccc12. The summed E-state index contributed by atoms with van der Waals surface area (Å²) in [6.07, 6.45) is 0. The minimum atomic E-state index is 0.0780. The maximum Gasteiger partial charge on any atom is 0.0665 e. The van der Waals surface area contributed by atoms with Gasteiger partial charge in [-0.3, -0.25) is 0 Å².